The fourth-order valence-electron chi connectivity index (χ4n) is 3.87. The van der Waals surface area contributed by atoms with Crippen LogP contribution in [0.3, 0.4) is 0 Å². The lowest BCUT2D eigenvalue weighted by Crippen LogP contribution is -2.60. The van der Waals surface area contributed by atoms with Crippen LogP contribution in [0.5, 0.6) is 0 Å². The van der Waals surface area contributed by atoms with Crippen molar-refractivity contribution in [1.82, 2.24) is 26.2 Å². The van der Waals surface area contributed by atoms with E-state index in [1.54, 1.807) is 78.8 Å². The van der Waals surface area contributed by atoms with E-state index in [2.05, 4.69) is 26.6 Å². The van der Waals surface area contributed by atoms with E-state index in [1.165, 1.54) is 25.9 Å². The van der Waals surface area contributed by atoms with Crippen LogP contribution in [0.1, 0.15) is 61.8 Å². The Morgan fingerprint density at radius 1 is 0.733 bits per heavy atom. The summed E-state index contributed by atoms with van der Waals surface area (Å²) in [7, 11) is 2.94. The number of amides is 6. The summed E-state index contributed by atoms with van der Waals surface area (Å²) in [4.78, 5) is 91.2. The van der Waals surface area contributed by atoms with Crippen molar-refractivity contribution < 1.29 is 38.3 Å². The van der Waals surface area contributed by atoms with E-state index in [0.29, 0.717) is 5.69 Å². The minimum absolute atomic E-state index is 0.372. The molecule has 1 aromatic rings. The molecule has 45 heavy (non-hydrogen) atoms. The minimum Gasteiger partial charge on any atom is -0.444 e. The van der Waals surface area contributed by atoms with Gasteiger partial charge in [0, 0.05) is 19.8 Å². The van der Waals surface area contributed by atoms with Gasteiger partial charge in [0.2, 0.25) is 29.4 Å². The Kier molecular flexibility index (Phi) is 14.7. The number of nitrogens with one attached hydrogen (secondary N) is 5. The molecule has 0 radical (unpaired) electrons. The van der Waals surface area contributed by atoms with Crippen LogP contribution in [-0.2, 0) is 33.5 Å². The van der Waals surface area contributed by atoms with Crippen LogP contribution in [0.25, 0.3) is 0 Å². The molecule has 1 unspecified atom stereocenters. The molecule has 0 spiro atoms. The van der Waals surface area contributed by atoms with Crippen LogP contribution in [0, 0.1) is 11.8 Å². The number of alkyl carbamates (subject to hydrolysis) is 1. The summed E-state index contributed by atoms with van der Waals surface area (Å²) in [5.74, 6) is -5.55. The third kappa shape index (κ3) is 13.4. The highest BCUT2D eigenvalue weighted by Gasteiger charge is 2.35. The smallest absolute Gasteiger partial charge is 0.408 e. The monoisotopic (exact) mass is 632 g/mol. The number of rotatable bonds is 14. The van der Waals surface area contributed by atoms with Crippen molar-refractivity contribution in [3.05, 3.63) is 30.3 Å². The quantitative estimate of drug-likeness (QED) is 0.190. The lowest BCUT2D eigenvalue weighted by molar-refractivity contribution is -0.139. The Balaban J connectivity index is 3.09. The molecule has 4 atom stereocenters. The lowest BCUT2D eigenvalue weighted by atomic mass is 9.99. The van der Waals surface area contributed by atoms with E-state index in [1.807, 2.05) is 0 Å². The van der Waals surface area contributed by atoms with E-state index in [9.17, 15) is 33.6 Å². The second kappa shape index (κ2) is 17.1. The van der Waals surface area contributed by atoms with Gasteiger partial charge in [-0.25, -0.2) is 4.79 Å². The second-order valence-corrected chi connectivity index (χ2v) is 12.6. The molecule has 0 aliphatic heterocycles. The predicted octanol–water partition coefficient (Wildman–Crippen LogP) is 1.35. The third-order valence-electron chi connectivity index (χ3n) is 6.39. The van der Waals surface area contributed by atoms with Gasteiger partial charge in [-0.05, 0) is 51.7 Å². The number of anilines is 1. The number of benzene rings is 1. The summed E-state index contributed by atoms with van der Waals surface area (Å²) in [6, 6.07) is 3.32. The maximum atomic E-state index is 13.4. The topological polar surface area (TPSA) is 192 Å². The molecule has 1 rings (SSSR count). The average molecular weight is 633 g/mol. The van der Waals surface area contributed by atoms with Crippen molar-refractivity contribution >= 4 is 47.1 Å². The Labute approximate surface area is 264 Å². The van der Waals surface area contributed by atoms with E-state index < -0.39 is 83.5 Å². The van der Waals surface area contributed by atoms with Gasteiger partial charge in [0.25, 0.3) is 5.91 Å². The van der Waals surface area contributed by atoms with Crippen LogP contribution < -0.4 is 26.6 Å². The zero-order chi connectivity index (χ0) is 34.6. The Morgan fingerprint density at radius 2 is 1.24 bits per heavy atom. The molecule has 0 aromatic heterocycles. The normalized spacial score (nSPS) is 13.9. The molecule has 250 valence electrons. The molecular weight excluding hydrogens is 584 g/mol. The van der Waals surface area contributed by atoms with Gasteiger partial charge >= 0.3 is 6.09 Å². The molecule has 0 saturated carbocycles. The van der Waals surface area contributed by atoms with Crippen LogP contribution in [0.2, 0.25) is 0 Å². The first-order chi connectivity index (χ1) is 20.7. The number of hydrogen-bond donors (Lipinski definition) is 5. The zero-order valence-electron chi connectivity index (χ0n) is 27.8. The van der Waals surface area contributed by atoms with Gasteiger partial charge in [0.05, 0.1) is 12.5 Å². The van der Waals surface area contributed by atoms with Crippen molar-refractivity contribution in [3.8, 4) is 0 Å². The maximum Gasteiger partial charge on any atom is 0.408 e. The molecule has 14 heteroatoms. The maximum absolute atomic E-state index is 13.4. The van der Waals surface area contributed by atoms with Gasteiger partial charge in [-0.3, -0.25) is 28.8 Å². The fraction of sp³-hybridized carbons (Fsp3) is 0.581. The first kappa shape index (κ1) is 38.5. The molecule has 1 aromatic carbocycles. The van der Waals surface area contributed by atoms with Crippen LogP contribution in [-0.4, -0.2) is 90.2 Å². The Bertz CT molecular complexity index is 1230. The summed E-state index contributed by atoms with van der Waals surface area (Å²) < 4.78 is 5.26. The number of para-hydroxylation sites is 1. The van der Waals surface area contributed by atoms with Gasteiger partial charge in [-0.2, -0.15) is 0 Å². The number of hydrogen-bond acceptors (Lipinski definition) is 8. The highest BCUT2D eigenvalue weighted by molar-refractivity contribution is 6.42. The van der Waals surface area contributed by atoms with Gasteiger partial charge < -0.3 is 36.2 Å². The fourth-order valence-corrected chi connectivity index (χ4v) is 3.87. The summed E-state index contributed by atoms with van der Waals surface area (Å²) >= 11 is 0. The summed E-state index contributed by atoms with van der Waals surface area (Å²) in [5, 5.41) is 12.5. The lowest BCUT2D eigenvalue weighted by Gasteiger charge is -2.29. The molecule has 5 N–H and O–H groups in total. The van der Waals surface area contributed by atoms with E-state index in [4.69, 9.17) is 4.74 Å². The number of carbonyl (C=O) groups excluding carboxylic acids is 7. The molecule has 0 aliphatic carbocycles. The largest absolute Gasteiger partial charge is 0.444 e. The SMILES string of the molecule is CC(NC(=O)[C@H](CC(=O)N(C)C)NC(=O)[C@@H](NC(=O)[C@@H](NC(=O)OC(C)(C)C)C(C)C)C(C)C)C(=O)C(=O)Nc1ccccc1. The molecule has 0 heterocycles. The Hall–Kier alpha value is -4.49. The van der Waals surface area contributed by atoms with Gasteiger partial charge in [-0.15, -0.1) is 0 Å². The summed E-state index contributed by atoms with van der Waals surface area (Å²) in [6.07, 6.45) is -1.27. The van der Waals surface area contributed by atoms with Crippen LogP contribution >= 0.6 is 0 Å². The van der Waals surface area contributed by atoms with E-state index in [-0.39, 0.29) is 5.92 Å². The first-order valence-corrected chi connectivity index (χ1v) is 14.7. The number of nitrogens with zero attached hydrogens (tertiary/aromatic N) is 1. The highest BCUT2D eigenvalue weighted by atomic mass is 16.6. The first-order valence-electron chi connectivity index (χ1n) is 14.7. The van der Waals surface area contributed by atoms with Gasteiger partial charge in [0.15, 0.2) is 0 Å². The zero-order valence-corrected chi connectivity index (χ0v) is 27.8. The molecule has 14 nitrogen and oxygen atoms in total. The van der Waals surface area contributed by atoms with Gasteiger partial charge in [-0.1, -0.05) is 45.9 Å². The molecule has 0 saturated heterocycles. The second-order valence-electron chi connectivity index (χ2n) is 12.6. The Morgan fingerprint density at radius 3 is 1.73 bits per heavy atom. The molecular formula is C31H48N6O8. The molecule has 0 fully saturated rings. The number of ether oxygens (including phenoxy) is 1. The number of carbonyl (C=O) groups is 7. The van der Waals surface area contributed by atoms with E-state index in [0.717, 1.165) is 0 Å². The standard InChI is InChI=1S/C31H48N6O8/c1-17(2)23(35-28(42)24(18(3)4)36-30(44)45-31(6,7)8)27(41)34-21(16-22(38)37(9)10)26(40)32-19(5)25(39)29(43)33-20-14-12-11-13-15-20/h11-15,17-19,21,23-24H,16H2,1-10H3,(H,32,40)(H,33,43)(H,34,41)(H,35,42)(H,36,44)/t19?,21-,23-,24-/m0/s1. The van der Waals surface area contributed by atoms with Crippen LogP contribution in [0.4, 0.5) is 10.5 Å². The van der Waals surface area contributed by atoms with Crippen molar-refractivity contribution in [3.63, 3.8) is 0 Å². The summed E-state index contributed by atoms with van der Waals surface area (Å²) in [5.41, 5.74) is -0.408. The molecule has 6 amide bonds. The van der Waals surface area contributed by atoms with Crippen molar-refractivity contribution in [2.75, 3.05) is 19.4 Å². The molecule has 0 bridgehead atoms. The average Bonchev–Trinajstić information content (AvgIpc) is 2.92. The van der Waals surface area contributed by atoms with Crippen LogP contribution in [0.15, 0.2) is 30.3 Å². The minimum atomic E-state index is -1.45. The van der Waals surface area contributed by atoms with E-state index >= 15 is 0 Å². The summed E-state index contributed by atoms with van der Waals surface area (Å²) in [6.45, 7) is 13.1. The molecule has 0 aliphatic rings. The predicted molar refractivity (Wildman–Crippen MR) is 168 cm³/mol. The van der Waals surface area contributed by atoms with Crippen molar-refractivity contribution in [1.29, 1.82) is 0 Å². The van der Waals surface area contributed by atoms with Gasteiger partial charge in [0.1, 0.15) is 23.7 Å². The van der Waals surface area contributed by atoms with Crippen molar-refractivity contribution in [2.24, 2.45) is 11.8 Å². The number of ketones is 1. The number of Topliss-reactive ketones (excluding diaryl/α,β-unsaturated/α-hetero) is 1. The highest BCUT2D eigenvalue weighted by Crippen LogP contribution is 2.11. The third-order valence-corrected chi connectivity index (χ3v) is 6.39. The van der Waals surface area contributed by atoms with Crippen molar-refractivity contribution in [2.45, 2.75) is 91.6 Å².